The maximum absolute atomic E-state index is 6.06. The van der Waals surface area contributed by atoms with Gasteiger partial charge in [0.15, 0.2) is 11.5 Å². The molecule has 0 amide bonds. The molecule has 3 aliphatic heterocycles. The number of fused-ring (bicyclic) bond motifs is 1. The van der Waals surface area contributed by atoms with Gasteiger partial charge in [0.25, 0.3) is 0 Å². The maximum atomic E-state index is 6.06. The lowest BCUT2D eigenvalue weighted by Gasteiger charge is -2.38. The summed E-state index contributed by atoms with van der Waals surface area (Å²) in [5.41, 5.74) is 10.3. The smallest absolute Gasteiger partial charge is 0.218 e. The zero-order chi connectivity index (χ0) is 18.5. The Hall–Kier alpha value is -1.64. The monoisotopic (exact) mass is 391 g/mol. The molecule has 1 aromatic rings. The first-order chi connectivity index (χ1) is 13.3. The summed E-state index contributed by atoms with van der Waals surface area (Å²) in [6, 6.07) is 6.78. The summed E-state index contributed by atoms with van der Waals surface area (Å²) in [5, 5.41) is 1.86. The number of hydrogen-bond acceptors (Lipinski definition) is 8. The molecule has 0 radical (unpaired) electrons. The van der Waals surface area contributed by atoms with E-state index in [1.165, 1.54) is 49.9 Å². The molecule has 0 bridgehead atoms. The van der Waals surface area contributed by atoms with Gasteiger partial charge in [-0.3, -0.25) is 9.91 Å². The van der Waals surface area contributed by atoms with Crippen molar-refractivity contribution in [1.82, 2.24) is 15.3 Å². The number of nitrogens with two attached hydrogens (primary N) is 1. The van der Waals surface area contributed by atoms with Crippen molar-refractivity contribution in [2.75, 3.05) is 38.7 Å². The Kier molecular flexibility index (Phi) is 6.26. The standard InChI is InChI=1S/C19H29N5O2S/c20-19-22-27-14-24(19)21-9-5-12-25-17-7-4-6-15-16(8-13-26-18(15)17)23-10-2-1-3-11-23/h4,6-7,16,21H,1-3,5,8-14H2,(H2,20,22). The number of likely N-dealkylation sites (tertiary alicyclic amines) is 1. The number of nitrogens with one attached hydrogen (secondary N) is 1. The first-order valence-electron chi connectivity index (χ1n) is 9.92. The van der Waals surface area contributed by atoms with Gasteiger partial charge in [-0.1, -0.05) is 18.6 Å². The second-order valence-corrected chi connectivity index (χ2v) is 7.87. The van der Waals surface area contributed by atoms with Crippen molar-refractivity contribution in [3.8, 4) is 11.5 Å². The molecule has 1 atom stereocenters. The normalized spacial score (nSPS) is 22.9. The summed E-state index contributed by atoms with van der Waals surface area (Å²) in [6.07, 6.45) is 5.92. The second-order valence-electron chi connectivity index (χ2n) is 7.17. The molecule has 4 rings (SSSR count). The van der Waals surface area contributed by atoms with Crippen LogP contribution in [-0.2, 0) is 0 Å². The van der Waals surface area contributed by atoms with Crippen LogP contribution in [0.25, 0.3) is 0 Å². The van der Waals surface area contributed by atoms with Crippen LogP contribution in [0.5, 0.6) is 11.5 Å². The van der Waals surface area contributed by atoms with Gasteiger partial charge in [0.05, 0.1) is 13.2 Å². The van der Waals surface area contributed by atoms with Crippen LogP contribution in [0.3, 0.4) is 0 Å². The molecule has 3 aliphatic rings. The average molecular weight is 392 g/mol. The highest BCUT2D eigenvalue weighted by atomic mass is 32.2. The lowest BCUT2D eigenvalue weighted by atomic mass is 9.96. The molecule has 1 unspecified atom stereocenters. The highest BCUT2D eigenvalue weighted by Gasteiger charge is 2.29. The van der Waals surface area contributed by atoms with E-state index in [-0.39, 0.29) is 0 Å². The Balaban J connectivity index is 1.32. The minimum Gasteiger partial charge on any atom is -0.490 e. The number of piperidine rings is 1. The summed E-state index contributed by atoms with van der Waals surface area (Å²) >= 11 is 1.45. The van der Waals surface area contributed by atoms with Crippen molar-refractivity contribution < 1.29 is 9.47 Å². The van der Waals surface area contributed by atoms with Crippen LogP contribution in [0, 0.1) is 0 Å². The highest BCUT2D eigenvalue weighted by molar-refractivity contribution is 7.98. The van der Waals surface area contributed by atoms with Crippen LogP contribution in [0.15, 0.2) is 22.6 Å². The third-order valence-electron chi connectivity index (χ3n) is 5.34. The van der Waals surface area contributed by atoms with E-state index in [1.807, 2.05) is 11.1 Å². The molecule has 8 heteroatoms. The van der Waals surface area contributed by atoms with Crippen LogP contribution in [0.1, 0.15) is 43.7 Å². The quantitative estimate of drug-likeness (QED) is 0.546. The van der Waals surface area contributed by atoms with Gasteiger partial charge in [-0.2, -0.15) is 4.40 Å². The van der Waals surface area contributed by atoms with Crippen LogP contribution in [-0.4, -0.2) is 54.6 Å². The first kappa shape index (κ1) is 18.7. The molecule has 0 spiro atoms. The van der Waals surface area contributed by atoms with Crippen LogP contribution in [0.4, 0.5) is 0 Å². The molecule has 3 heterocycles. The molecule has 0 aromatic heterocycles. The van der Waals surface area contributed by atoms with Crippen molar-refractivity contribution in [1.29, 1.82) is 0 Å². The molecule has 1 aromatic carbocycles. The van der Waals surface area contributed by atoms with E-state index >= 15 is 0 Å². The van der Waals surface area contributed by atoms with Gasteiger partial charge >= 0.3 is 0 Å². The first-order valence-corrected chi connectivity index (χ1v) is 10.9. The second kappa shape index (κ2) is 9.03. The molecule has 1 saturated heterocycles. The number of benzene rings is 1. The summed E-state index contributed by atoms with van der Waals surface area (Å²) in [5.74, 6) is 3.10. The lowest BCUT2D eigenvalue weighted by Crippen LogP contribution is -2.44. The molecule has 148 valence electrons. The third kappa shape index (κ3) is 4.44. The predicted octanol–water partition coefficient (Wildman–Crippen LogP) is 2.51. The van der Waals surface area contributed by atoms with E-state index in [0.29, 0.717) is 18.6 Å². The number of ether oxygens (including phenoxy) is 2. The van der Waals surface area contributed by atoms with E-state index in [1.54, 1.807) is 0 Å². The zero-order valence-corrected chi connectivity index (χ0v) is 16.5. The Labute approximate surface area is 165 Å². The maximum Gasteiger partial charge on any atom is 0.218 e. The minimum atomic E-state index is 0.467. The highest BCUT2D eigenvalue weighted by Crippen LogP contribution is 2.42. The average Bonchev–Trinajstić information content (AvgIpc) is 3.13. The predicted molar refractivity (Wildman–Crippen MR) is 109 cm³/mol. The third-order valence-corrected chi connectivity index (χ3v) is 6.03. The van der Waals surface area contributed by atoms with E-state index in [9.17, 15) is 0 Å². The molecule has 3 N–H and O–H groups in total. The lowest BCUT2D eigenvalue weighted by molar-refractivity contribution is 0.116. The van der Waals surface area contributed by atoms with Crippen LogP contribution in [0.2, 0.25) is 0 Å². The van der Waals surface area contributed by atoms with Crippen molar-refractivity contribution in [3.05, 3.63) is 23.8 Å². The van der Waals surface area contributed by atoms with Gasteiger partial charge in [-0.05, 0) is 38.4 Å². The van der Waals surface area contributed by atoms with E-state index in [4.69, 9.17) is 15.2 Å². The fourth-order valence-electron chi connectivity index (χ4n) is 3.96. The number of nitrogens with zero attached hydrogens (tertiary/aromatic N) is 3. The molecule has 0 saturated carbocycles. The van der Waals surface area contributed by atoms with E-state index < -0.39 is 0 Å². The van der Waals surface area contributed by atoms with Gasteiger partial charge in [-0.15, -0.1) is 0 Å². The number of rotatable bonds is 7. The fourth-order valence-corrected chi connectivity index (χ4v) is 4.59. The molecule has 0 aliphatic carbocycles. The molecule has 27 heavy (non-hydrogen) atoms. The van der Waals surface area contributed by atoms with Gasteiger partial charge in [0.1, 0.15) is 5.88 Å². The number of para-hydroxylation sites is 1. The minimum absolute atomic E-state index is 0.467. The van der Waals surface area contributed by atoms with E-state index in [0.717, 1.165) is 43.4 Å². The van der Waals surface area contributed by atoms with Crippen LogP contribution >= 0.6 is 11.9 Å². The van der Waals surface area contributed by atoms with Gasteiger partial charge in [0.2, 0.25) is 5.96 Å². The Bertz CT molecular complexity index is 666. The Morgan fingerprint density at radius 1 is 1.30 bits per heavy atom. The molecule has 1 fully saturated rings. The summed E-state index contributed by atoms with van der Waals surface area (Å²) < 4.78 is 16.2. The largest absolute Gasteiger partial charge is 0.490 e. The number of hydrogen-bond donors (Lipinski definition) is 2. The van der Waals surface area contributed by atoms with Crippen LogP contribution < -0.4 is 20.6 Å². The van der Waals surface area contributed by atoms with Crippen molar-refractivity contribution >= 4 is 17.9 Å². The molecular formula is C19H29N5O2S. The zero-order valence-electron chi connectivity index (χ0n) is 15.7. The number of guanidine groups is 1. The van der Waals surface area contributed by atoms with Crippen molar-refractivity contribution in [2.24, 2.45) is 10.1 Å². The summed E-state index contributed by atoms with van der Waals surface area (Å²) in [6.45, 7) is 4.59. The van der Waals surface area contributed by atoms with Crippen molar-refractivity contribution in [3.63, 3.8) is 0 Å². The number of hydrazine groups is 1. The fraction of sp³-hybridized carbons (Fsp3) is 0.632. The molecule has 7 nitrogen and oxygen atoms in total. The molecular weight excluding hydrogens is 362 g/mol. The SMILES string of the molecule is NC1=NSCN1NCCCOc1cccc2c1OCCC2N1CCCCC1. The van der Waals surface area contributed by atoms with Crippen molar-refractivity contribution in [2.45, 2.75) is 38.1 Å². The Morgan fingerprint density at radius 2 is 2.19 bits per heavy atom. The van der Waals surface area contributed by atoms with Gasteiger partial charge < -0.3 is 15.2 Å². The van der Waals surface area contributed by atoms with E-state index in [2.05, 4.69) is 26.9 Å². The summed E-state index contributed by atoms with van der Waals surface area (Å²) in [4.78, 5) is 2.62. The van der Waals surface area contributed by atoms with Gasteiger partial charge in [0, 0.05) is 36.5 Å². The summed E-state index contributed by atoms with van der Waals surface area (Å²) in [7, 11) is 0. The topological polar surface area (TPSA) is 75.3 Å². The Morgan fingerprint density at radius 3 is 3.00 bits per heavy atom. The van der Waals surface area contributed by atoms with Gasteiger partial charge in [-0.25, -0.2) is 5.43 Å².